The quantitative estimate of drug-likeness (QED) is 0.561. The molecule has 1 aromatic heterocycles. The molecule has 0 aliphatic carbocycles. The fourth-order valence-electron chi connectivity index (χ4n) is 2.80. The Morgan fingerprint density at radius 2 is 1.73 bits per heavy atom. The third-order valence-electron chi connectivity index (χ3n) is 3.92. The maximum Gasteiger partial charge on any atom is 0.130 e. The van der Waals surface area contributed by atoms with E-state index in [1.54, 1.807) is 6.92 Å². The summed E-state index contributed by atoms with van der Waals surface area (Å²) < 4.78 is 3.59. The number of aromatic nitrogens is 1. The molecule has 2 nitrogen and oxygen atoms in total. The van der Waals surface area contributed by atoms with E-state index in [4.69, 9.17) is 0 Å². The number of benzene rings is 2. The molecule has 1 heterocycles. The minimum Gasteiger partial charge on any atom is -0.331 e. The number of para-hydroxylation sites is 1. The molecule has 0 saturated carbocycles. The molecule has 0 N–H and O–H groups in total. The number of ketones is 1. The van der Waals surface area contributed by atoms with Crippen molar-refractivity contribution in [1.29, 1.82) is 0 Å². The normalized spacial score (nSPS) is 11.0. The van der Waals surface area contributed by atoms with Crippen LogP contribution in [0.1, 0.15) is 24.5 Å². The SMILES string of the molecule is CC(=O)CCc1c(I)n(Cc2ccccc2)c2ccccc12. The molecule has 0 radical (unpaired) electrons. The number of Topliss-reactive ketones (excluding diaryl/α,β-unsaturated/α-hetero) is 1. The number of hydrogen-bond acceptors (Lipinski definition) is 1. The number of carbonyl (C=O) groups is 1. The number of aryl methyl sites for hydroxylation is 1. The van der Waals surface area contributed by atoms with Gasteiger partial charge in [-0.05, 0) is 53.1 Å². The summed E-state index contributed by atoms with van der Waals surface area (Å²) in [5.41, 5.74) is 3.83. The van der Waals surface area contributed by atoms with Crippen molar-refractivity contribution in [2.24, 2.45) is 0 Å². The third kappa shape index (κ3) is 3.09. The zero-order valence-corrected chi connectivity index (χ0v) is 14.7. The average molecular weight is 403 g/mol. The smallest absolute Gasteiger partial charge is 0.130 e. The van der Waals surface area contributed by atoms with Crippen LogP contribution in [0.4, 0.5) is 0 Å². The molecule has 0 spiro atoms. The molecule has 0 atom stereocenters. The molecule has 3 heteroatoms. The summed E-state index contributed by atoms with van der Waals surface area (Å²) in [6.45, 7) is 2.52. The predicted octanol–water partition coefficient (Wildman–Crippen LogP) is 4.82. The van der Waals surface area contributed by atoms with Gasteiger partial charge in [0, 0.05) is 23.9 Å². The monoisotopic (exact) mass is 403 g/mol. The van der Waals surface area contributed by atoms with Crippen molar-refractivity contribution in [3.05, 3.63) is 69.4 Å². The maximum absolute atomic E-state index is 11.4. The maximum atomic E-state index is 11.4. The highest BCUT2D eigenvalue weighted by Crippen LogP contribution is 2.29. The van der Waals surface area contributed by atoms with Gasteiger partial charge in [-0.1, -0.05) is 48.5 Å². The molecule has 2 aromatic carbocycles. The van der Waals surface area contributed by atoms with Gasteiger partial charge in [0.25, 0.3) is 0 Å². The Morgan fingerprint density at radius 3 is 2.45 bits per heavy atom. The lowest BCUT2D eigenvalue weighted by Crippen LogP contribution is -2.03. The first-order chi connectivity index (χ1) is 10.7. The first-order valence-corrected chi connectivity index (χ1v) is 8.53. The molecule has 0 amide bonds. The molecular weight excluding hydrogens is 385 g/mol. The van der Waals surface area contributed by atoms with E-state index in [1.807, 2.05) is 6.07 Å². The molecule has 22 heavy (non-hydrogen) atoms. The van der Waals surface area contributed by atoms with Gasteiger partial charge in [0.1, 0.15) is 5.78 Å². The number of hydrogen-bond donors (Lipinski definition) is 0. The van der Waals surface area contributed by atoms with E-state index < -0.39 is 0 Å². The van der Waals surface area contributed by atoms with Crippen LogP contribution in [0.15, 0.2) is 54.6 Å². The van der Waals surface area contributed by atoms with Crippen molar-refractivity contribution < 1.29 is 4.79 Å². The van der Waals surface area contributed by atoms with Crippen LogP contribution in [0.25, 0.3) is 10.9 Å². The minimum atomic E-state index is 0.246. The predicted molar refractivity (Wildman–Crippen MR) is 99.2 cm³/mol. The summed E-state index contributed by atoms with van der Waals surface area (Å²) in [4.78, 5) is 11.4. The van der Waals surface area contributed by atoms with Crippen LogP contribution >= 0.6 is 22.6 Å². The molecule has 0 unspecified atom stereocenters. The van der Waals surface area contributed by atoms with E-state index >= 15 is 0 Å². The Hall–Kier alpha value is -1.62. The Kier molecular flexibility index (Phi) is 4.62. The van der Waals surface area contributed by atoms with Crippen molar-refractivity contribution in [3.8, 4) is 0 Å². The first kappa shape index (κ1) is 15.3. The lowest BCUT2D eigenvalue weighted by Gasteiger charge is -2.08. The number of fused-ring (bicyclic) bond motifs is 1. The number of rotatable bonds is 5. The van der Waals surface area contributed by atoms with Crippen molar-refractivity contribution in [1.82, 2.24) is 4.57 Å². The van der Waals surface area contributed by atoms with Gasteiger partial charge < -0.3 is 9.36 Å². The van der Waals surface area contributed by atoms with E-state index in [0.717, 1.165) is 13.0 Å². The fourth-order valence-corrected chi connectivity index (χ4v) is 3.79. The molecule has 0 aliphatic heterocycles. The first-order valence-electron chi connectivity index (χ1n) is 7.46. The van der Waals surface area contributed by atoms with Crippen LogP contribution < -0.4 is 0 Å². The van der Waals surface area contributed by atoms with E-state index in [2.05, 4.69) is 75.7 Å². The highest BCUT2D eigenvalue weighted by molar-refractivity contribution is 14.1. The van der Waals surface area contributed by atoms with Gasteiger partial charge in [-0.3, -0.25) is 0 Å². The molecule has 0 aliphatic rings. The Labute approximate surface area is 144 Å². The Balaban J connectivity index is 2.06. The van der Waals surface area contributed by atoms with Crippen LogP contribution in [-0.4, -0.2) is 10.4 Å². The Morgan fingerprint density at radius 1 is 1.05 bits per heavy atom. The Bertz CT molecular complexity index is 805. The average Bonchev–Trinajstić information content (AvgIpc) is 2.79. The summed E-state index contributed by atoms with van der Waals surface area (Å²) in [6, 6.07) is 19.0. The second kappa shape index (κ2) is 6.65. The van der Waals surface area contributed by atoms with Crippen LogP contribution in [0.2, 0.25) is 0 Å². The van der Waals surface area contributed by atoms with E-state index in [9.17, 15) is 4.79 Å². The fraction of sp³-hybridized carbons (Fsp3) is 0.211. The highest BCUT2D eigenvalue weighted by Gasteiger charge is 2.15. The molecule has 3 aromatic rings. The standard InChI is InChI=1S/C19H18INO/c1-14(22)11-12-17-16-9-5-6-10-18(16)21(19(17)20)13-15-7-3-2-4-8-15/h2-10H,11-13H2,1H3. The minimum absolute atomic E-state index is 0.246. The van der Waals surface area contributed by atoms with E-state index in [1.165, 1.54) is 25.7 Å². The molecule has 0 bridgehead atoms. The van der Waals surface area contributed by atoms with Gasteiger partial charge >= 0.3 is 0 Å². The van der Waals surface area contributed by atoms with Gasteiger partial charge in [0.05, 0.1) is 3.70 Å². The van der Waals surface area contributed by atoms with Gasteiger partial charge in [0.2, 0.25) is 0 Å². The second-order valence-electron chi connectivity index (χ2n) is 5.56. The lowest BCUT2D eigenvalue weighted by molar-refractivity contribution is -0.116. The number of nitrogens with zero attached hydrogens (tertiary/aromatic N) is 1. The van der Waals surface area contributed by atoms with E-state index in [-0.39, 0.29) is 5.78 Å². The summed E-state index contributed by atoms with van der Waals surface area (Å²) >= 11 is 2.42. The summed E-state index contributed by atoms with van der Waals surface area (Å²) in [5, 5.41) is 1.27. The lowest BCUT2D eigenvalue weighted by atomic mass is 10.1. The topological polar surface area (TPSA) is 22.0 Å². The molecule has 0 saturated heterocycles. The summed E-state index contributed by atoms with van der Waals surface area (Å²) in [7, 11) is 0. The van der Waals surface area contributed by atoms with Crippen LogP contribution in [-0.2, 0) is 17.8 Å². The van der Waals surface area contributed by atoms with Gasteiger partial charge in [0.15, 0.2) is 0 Å². The summed E-state index contributed by atoms with van der Waals surface area (Å²) in [6.07, 6.45) is 1.42. The molecule has 0 fully saturated rings. The van der Waals surface area contributed by atoms with Crippen molar-refractivity contribution >= 4 is 39.3 Å². The largest absolute Gasteiger partial charge is 0.331 e. The van der Waals surface area contributed by atoms with Crippen LogP contribution in [0, 0.1) is 3.70 Å². The van der Waals surface area contributed by atoms with Gasteiger partial charge in [-0.25, -0.2) is 0 Å². The second-order valence-corrected chi connectivity index (χ2v) is 6.58. The molecule has 3 rings (SSSR count). The van der Waals surface area contributed by atoms with Crippen molar-refractivity contribution in [2.45, 2.75) is 26.3 Å². The zero-order valence-electron chi connectivity index (χ0n) is 12.6. The van der Waals surface area contributed by atoms with E-state index in [0.29, 0.717) is 6.42 Å². The third-order valence-corrected chi connectivity index (χ3v) is 5.15. The van der Waals surface area contributed by atoms with Gasteiger partial charge in [-0.2, -0.15) is 0 Å². The van der Waals surface area contributed by atoms with Crippen molar-refractivity contribution in [3.63, 3.8) is 0 Å². The van der Waals surface area contributed by atoms with Crippen molar-refractivity contribution in [2.75, 3.05) is 0 Å². The number of halogens is 1. The van der Waals surface area contributed by atoms with Gasteiger partial charge in [-0.15, -0.1) is 0 Å². The zero-order chi connectivity index (χ0) is 15.5. The molecule has 112 valence electrons. The summed E-state index contributed by atoms with van der Waals surface area (Å²) in [5.74, 6) is 0.246. The molecular formula is C19H18INO. The number of carbonyl (C=O) groups excluding carboxylic acids is 1. The highest BCUT2D eigenvalue weighted by atomic mass is 127. The van der Waals surface area contributed by atoms with Crippen LogP contribution in [0.3, 0.4) is 0 Å². The van der Waals surface area contributed by atoms with Crippen LogP contribution in [0.5, 0.6) is 0 Å².